The highest BCUT2D eigenvalue weighted by Crippen LogP contribution is 2.63. The molecule has 0 aromatic carbocycles. The van der Waals surface area contributed by atoms with Gasteiger partial charge in [0.15, 0.2) is 5.78 Å². The third-order valence-corrected chi connectivity index (χ3v) is 7.63. The van der Waals surface area contributed by atoms with Crippen LogP contribution >= 0.6 is 11.6 Å². The first kappa shape index (κ1) is 14.7. The lowest BCUT2D eigenvalue weighted by atomic mass is 9.48. The number of allylic oxidation sites excluding steroid dienone is 4. The minimum absolute atomic E-state index is 0.0113. The van der Waals surface area contributed by atoms with Crippen molar-refractivity contribution < 1.29 is 9.59 Å². The van der Waals surface area contributed by atoms with E-state index in [1.54, 1.807) is 0 Å². The van der Waals surface area contributed by atoms with E-state index in [0.29, 0.717) is 18.1 Å². The van der Waals surface area contributed by atoms with Gasteiger partial charge in [-0.25, -0.2) is 0 Å². The first-order valence-corrected chi connectivity index (χ1v) is 8.91. The van der Waals surface area contributed by atoms with Gasteiger partial charge in [0.1, 0.15) is 5.78 Å². The van der Waals surface area contributed by atoms with E-state index in [1.165, 1.54) is 0 Å². The van der Waals surface area contributed by atoms with Crippen molar-refractivity contribution >= 4 is 23.2 Å². The molecule has 0 saturated heterocycles. The molecule has 0 N–H and O–H groups in total. The molecule has 118 valence electrons. The second-order valence-electron chi connectivity index (χ2n) is 8.13. The zero-order chi connectivity index (χ0) is 15.7. The molecule has 0 bridgehead atoms. The van der Waals surface area contributed by atoms with Gasteiger partial charge in [-0.15, -0.1) is 0 Å². The molecule has 4 rings (SSSR count). The molecule has 0 unspecified atom stereocenters. The summed E-state index contributed by atoms with van der Waals surface area (Å²) in [5, 5.41) is 0.774. The maximum absolute atomic E-state index is 12.9. The van der Waals surface area contributed by atoms with Crippen LogP contribution < -0.4 is 0 Å². The molecule has 0 heterocycles. The van der Waals surface area contributed by atoms with E-state index in [4.69, 9.17) is 11.6 Å². The fourth-order valence-corrected chi connectivity index (χ4v) is 6.28. The first-order chi connectivity index (χ1) is 10.4. The summed E-state index contributed by atoms with van der Waals surface area (Å²) >= 11 is 6.42. The molecule has 2 saturated carbocycles. The molecule has 0 aliphatic heterocycles. The number of carbonyl (C=O) groups is 2. The summed E-state index contributed by atoms with van der Waals surface area (Å²) in [7, 11) is 0. The Morgan fingerprint density at radius 3 is 2.59 bits per heavy atom. The Morgan fingerprint density at radius 2 is 1.82 bits per heavy atom. The van der Waals surface area contributed by atoms with Crippen molar-refractivity contribution in [1.82, 2.24) is 0 Å². The number of hydrogen-bond donors (Lipinski definition) is 0. The van der Waals surface area contributed by atoms with Crippen molar-refractivity contribution in [3.63, 3.8) is 0 Å². The molecule has 4 aliphatic rings. The predicted octanol–water partition coefficient (Wildman–Crippen LogP) is 4.43. The lowest BCUT2D eigenvalue weighted by Crippen LogP contribution is -2.52. The van der Waals surface area contributed by atoms with E-state index >= 15 is 0 Å². The summed E-state index contributed by atoms with van der Waals surface area (Å²) in [4.78, 5) is 25.3. The number of ketones is 2. The Bertz CT molecular complexity index is 631. The van der Waals surface area contributed by atoms with Crippen LogP contribution in [0, 0.1) is 28.6 Å². The number of Topliss-reactive ketones (excluding diaryl/α,β-unsaturated/α-hetero) is 1. The molecule has 3 heteroatoms. The first-order valence-electron chi connectivity index (χ1n) is 8.53. The van der Waals surface area contributed by atoms with E-state index in [1.807, 2.05) is 6.08 Å². The van der Waals surface area contributed by atoms with Crippen LogP contribution in [0.15, 0.2) is 22.8 Å². The number of hydrogen-bond acceptors (Lipinski definition) is 2. The maximum atomic E-state index is 12.9. The molecule has 0 aromatic rings. The maximum Gasteiger partial charge on any atom is 0.159 e. The van der Waals surface area contributed by atoms with Crippen LogP contribution in [0.5, 0.6) is 0 Å². The minimum Gasteiger partial charge on any atom is -0.299 e. The molecule has 0 radical (unpaired) electrons. The highest BCUT2D eigenvalue weighted by Gasteiger charge is 2.60. The van der Waals surface area contributed by atoms with Crippen molar-refractivity contribution in [1.29, 1.82) is 0 Å². The smallest absolute Gasteiger partial charge is 0.159 e. The van der Waals surface area contributed by atoms with Crippen molar-refractivity contribution in [2.45, 2.75) is 52.4 Å². The Balaban J connectivity index is 1.82. The van der Waals surface area contributed by atoms with E-state index in [2.05, 4.69) is 19.9 Å². The van der Waals surface area contributed by atoms with Gasteiger partial charge in [-0.05, 0) is 61.0 Å². The predicted molar refractivity (Wildman–Crippen MR) is 86.4 cm³/mol. The van der Waals surface area contributed by atoms with E-state index in [-0.39, 0.29) is 28.4 Å². The van der Waals surface area contributed by atoms with Crippen LogP contribution in [-0.4, -0.2) is 11.6 Å². The van der Waals surface area contributed by atoms with Crippen molar-refractivity contribution in [3.8, 4) is 0 Å². The highest BCUT2D eigenvalue weighted by atomic mass is 35.5. The molecule has 22 heavy (non-hydrogen) atoms. The molecule has 0 spiro atoms. The van der Waals surface area contributed by atoms with Gasteiger partial charge in [0.25, 0.3) is 0 Å². The second-order valence-corrected chi connectivity index (χ2v) is 8.53. The molecule has 0 amide bonds. The van der Waals surface area contributed by atoms with E-state index in [9.17, 15) is 9.59 Å². The highest BCUT2D eigenvalue weighted by molar-refractivity contribution is 6.32. The Kier molecular flexibility index (Phi) is 3.05. The zero-order valence-corrected chi connectivity index (χ0v) is 14.1. The average molecular weight is 319 g/mol. The summed E-state index contributed by atoms with van der Waals surface area (Å²) in [5.41, 5.74) is 0.809. The number of halogens is 1. The van der Waals surface area contributed by atoms with Gasteiger partial charge in [0.2, 0.25) is 0 Å². The van der Waals surface area contributed by atoms with Crippen LogP contribution in [0.1, 0.15) is 52.4 Å². The standard InChI is InChI=1S/C19H23ClO2/c1-18-8-3-4-14(20)13(18)10-15(21)17-11-5-6-16(22)19(11,2)9-7-12(17)18/h4,10-12,17H,3,5-9H2,1-2H3/t11-,12-,17-,18+,19-/m0/s1. The van der Waals surface area contributed by atoms with Crippen molar-refractivity contribution in [3.05, 3.63) is 22.8 Å². The molecular formula is C19H23ClO2. The molecule has 2 fully saturated rings. The SMILES string of the molecule is C[C@]12CCC=C(Cl)C1=CC(=O)[C@@H]1[C@@H]2CC[C@]2(C)C(=O)CC[C@@H]12. The summed E-state index contributed by atoms with van der Waals surface area (Å²) in [6, 6.07) is 0. The number of rotatable bonds is 0. The Labute approximate surface area is 137 Å². The fraction of sp³-hybridized carbons (Fsp3) is 0.684. The van der Waals surface area contributed by atoms with Crippen LogP contribution in [0.25, 0.3) is 0 Å². The lowest BCUT2D eigenvalue weighted by Gasteiger charge is -2.54. The summed E-state index contributed by atoms with van der Waals surface area (Å²) in [5.74, 6) is 1.22. The van der Waals surface area contributed by atoms with Gasteiger partial charge < -0.3 is 0 Å². The third-order valence-electron chi connectivity index (χ3n) is 7.27. The molecule has 2 nitrogen and oxygen atoms in total. The zero-order valence-electron chi connectivity index (χ0n) is 13.3. The minimum atomic E-state index is -0.257. The van der Waals surface area contributed by atoms with Gasteiger partial charge in [0.05, 0.1) is 0 Å². The van der Waals surface area contributed by atoms with Crippen LogP contribution in [0.3, 0.4) is 0 Å². The Hall–Kier alpha value is -0.890. The largest absolute Gasteiger partial charge is 0.299 e. The van der Waals surface area contributed by atoms with Crippen LogP contribution in [0.4, 0.5) is 0 Å². The fourth-order valence-electron chi connectivity index (χ4n) is 5.90. The number of carbonyl (C=O) groups excluding carboxylic acids is 2. The van der Waals surface area contributed by atoms with Crippen LogP contribution in [-0.2, 0) is 9.59 Å². The van der Waals surface area contributed by atoms with Gasteiger partial charge in [-0.3, -0.25) is 9.59 Å². The van der Waals surface area contributed by atoms with Gasteiger partial charge in [-0.2, -0.15) is 0 Å². The monoisotopic (exact) mass is 318 g/mol. The summed E-state index contributed by atoms with van der Waals surface area (Å²) < 4.78 is 0. The number of fused-ring (bicyclic) bond motifs is 5. The topological polar surface area (TPSA) is 34.1 Å². The van der Waals surface area contributed by atoms with E-state index < -0.39 is 0 Å². The molecule has 4 aliphatic carbocycles. The quantitative estimate of drug-likeness (QED) is 0.662. The van der Waals surface area contributed by atoms with Gasteiger partial charge >= 0.3 is 0 Å². The third kappa shape index (κ3) is 1.68. The lowest BCUT2D eigenvalue weighted by molar-refractivity contribution is -0.138. The average Bonchev–Trinajstić information content (AvgIpc) is 2.77. The summed E-state index contributed by atoms with van der Waals surface area (Å²) in [6.45, 7) is 4.39. The van der Waals surface area contributed by atoms with Gasteiger partial charge in [0, 0.05) is 22.8 Å². The normalized spacial score (nSPS) is 47.3. The second kappa shape index (κ2) is 4.56. The van der Waals surface area contributed by atoms with E-state index in [0.717, 1.165) is 42.7 Å². The van der Waals surface area contributed by atoms with Crippen molar-refractivity contribution in [2.24, 2.45) is 28.6 Å². The Morgan fingerprint density at radius 1 is 1.09 bits per heavy atom. The van der Waals surface area contributed by atoms with Crippen LogP contribution in [0.2, 0.25) is 0 Å². The van der Waals surface area contributed by atoms with Crippen molar-refractivity contribution in [2.75, 3.05) is 0 Å². The summed E-state index contributed by atoms with van der Waals surface area (Å²) in [6.07, 6.45) is 9.40. The van der Waals surface area contributed by atoms with Gasteiger partial charge in [-0.1, -0.05) is 31.5 Å². The molecule has 0 aromatic heterocycles. The molecular weight excluding hydrogens is 296 g/mol. The molecule has 5 atom stereocenters.